The van der Waals surface area contributed by atoms with Gasteiger partial charge in [0.05, 0.1) is 10.6 Å². The van der Waals surface area contributed by atoms with Crippen LogP contribution in [0, 0.1) is 12.7 Å². The maximum Gasteiger partial charge on any atom is 0.264 e. The largest absolute Gasteiger partial charge is 0.368 e. The first-order chi connectivity index (χ1) is 16.3. The van der Waals surface area contributed by atoms with Crippen molar-refractivity contribution in [3.63, 3.8) is 0 Å². The second kappa shape index (κ2) is 10.0. The fourth-order valence-corrected chi connectivity index (χ4v) is 5.62. The van der Waals surface area contributed by atoms with Crippen molar-refractivity contribution in [3.8, 4) is 0 Å². The number of hydrogen-bond acceptors (Lipinski definition) is 4. The van der Waals surface area contributed by atoms with E-state index in [0.29, 0.717) is 42.5 Å². The summed E-state index contributed by atoms with van der Waals surface area (Å²) in [5.41, 5.74) is 1.95. The number of nitrogens with zero attached hydrogens (tertiary/aromatic N) is 3. The minimum Gasteiger partial charge on any atom is -0.368 e. The molecule has 1 aliphatic rings. The molecule has 0 atom stereocenters. The van der Waals surface area contributed by atoms with Crippen LogP contribution in [0.5, 0.6) is 0 Å². The van der Waals surface area contributed by atoms with Crippen molar-refractivity contribution in [2.24, 2.45) is 0 Å². The Hall–Kier alpha value is -3.10. The van der Waals surface area contributed by atoms with Crippen LogP contribution in [0.4, 0.5) is 15.8 Å². The summed E-state index contributed by atoms with van der Waals surface area (Å²) in [6, 6.07) is 19.3. The standard InChI is InChI=1S/C25H25ClFN3O3S/c1-19-7-8-20(26)17-24(19)30(34(32,33)23-5-3-2-4-6-23)18-25(31)29-15-13-28(14-16-29)22-11-9-21(27)10-12-22/h2-12,17H,13-16,18H2,1H3. The molecule has 4 rings (SSSR count). The van der Waals surface area contributed by atoms with Crippen LogP contribution in [0.25, 0.3) is 0 Å². The Morgan fingerprint density at radius 3 is 2.26 bits per heavy atom. The predicted octanol–water partition coefficient (Wildman–Crippen LogP) is 4.33. The minimum atomic E-state index is -4.00. The zero-order valence-electron chi connectivity index (χ0n) is 18.7. The lowest BCUT2D eigenvalue weighted by Crippen LogP contribution is -2.52. The molecule has 1 saturated heterocycles. The highest BCUT2D eigenvalue weighted by atomic mass is 35.5. The molecule has 0 radical (unpaired) electrons. The van der Waals surface area contributed by atoms with Crippen molar-refractivity contribution in [1.82, 2.24) is 4.90 Å². The van der Waals surface area contributed by atoms with Crippen molar-refractivity contribution in [2.45, 2.75) is 11.8 Å². The zero-order valence-corrected chi connectivity index (χ0v) is 20.3. The molecule has 1 aliphatic heterocycles. The molecule has 6 nitrogen and oxygen atoms in total. The van der Waals surface area contributed by atoms with E-state index in [-0.39, 0.29) is 23.2 Å². The summed E-state index contributed by atoms with van der Waals surface area (Å²) in [7, 11) is -4.00. The van der Waals surface area contributed by atoms with Gasteiger partial charge in [-0.05, 0) is 61.0 Å². The van der Waals surface area contributed by atoms with Crippen LogP contribution < -0.4 is 9.21 Å². The van der Waals surface area contributed by atoms with E-state index < -0.39 is 10.0 Å². The number of benzene rings is 3. The number of aryl methyl sites for hydroxylation is 1. The van der Waals surface area contributed by atoms with Gasteiger partial charge in [-0.3, -0.25) is 9.10 Å². The van der Waals surface area contributed by atoms with Gasteiger partial charge in [0.15, 0.2) is 0 Å². The van der Waals surface area contributed by atoms with Crippen LogP contribution in [0.3, 0.4) is 0 Å². The fraction of sp³-hybridized carbons (Fsp3) is 0.240. The van der Waals surface area contributed by atoms with Crippen molar-refractivity contribution in [3.05, 3.63) is 89.2 Å². The average Bonchev–Trinajstić information content (AvgIpc) is 2.85. The van der Waals surface area contributed by atoms with Gasteiger partial charge < -0.3 is 9.80 Å². The SMILES string of the molecule is Cc1ccc(Cl)cc1N(CC(=O)N1CCN(c2ccc(F)cc2)CC1)S(=O)(=O)c1ccccc1. The Balaban J connectivity index is 1.55. The molecule has 0 saturated carbocycles. The molecule has 3 aromatic rings. The summed E-state index contributed by atoms with van der Waals surface area (Å²) in [5.74, 6) is -0.591. The maximum atomic E-state index is 13.6. The summed E-state index contributed by atoms with van der Waals surface area (Å²) in [5, 5.41) is 0.384. The second-order valence-electron chi connectivity index (χ2n) is 8.10. The number of carbonyl (C=O) groups excluding carboxylic acids is 1. The molecule has 0 N–H and O–H groups in total. The lowest BCUT2D eigenvalue weighted by Gasteiger charge is -2.37. The summed E-state index contributed by atoms with van der Waals surface area (Å²) in [6.07, 6.45) is 0. The number of carbonyl (C=O) groups is 1. The van der Waals surface area contributed by atoms with Crippen molar-refractivity contribution < 1.29 is 17.6 Å². The van der Waals surface area contributed by atoms with Crippen LogP contribution in [-0.4, -0.2) is 51.9 Å². The van der Waals surface area contributed by atoms with Crippen LogP contribution in [0.2, 0.25) is 5.02 Å². The molecule has 9 heteroatoms. The molecule has 0 bridgehead atoms. The average molecular weight is 502 g/mol. The van der Waals surface area contributed by atoms with E-state index in [1.165, 1.54) is 24.3 Å². The highest BCUT2D eigenvalue weighted by Gasteiger charge is 2.31. The third-order valence-electron chi connectivity index (χ3n) is 5.87. The van der Waals surface area contributed by atoms with E-state index in [9.17, 15) is 17.6 Å². The molecule has 3 aromatic carbocycles. The number of hydrogen-bond donors (Lipinski definition) is 0. The van der Waals surface area contributed by atoms with Gasteiger partial charge in [-0.2, -0.15) is 0 Å². The van der Waals surface area contributed by atoms with Crippen molar-refractivity contribution >= 4 is 38.9 Å². The van der Waals surface area contributed by atoms with Gasteiger partial charge in [0.1, 0.15) is 12.4 Å². The molecule has 1 amide bonds. The van der Waals surface area contributed by atoms with Crippen LogP contribution in [-0.2, 0) is 14.8 Å². The normalized spacial score (nSPS) is 14.2. The first-order valence-electron chi connectivity index (χ1n) is 10.9. The quantitative estimate of drug-likeness (QED) is 0.504. The zero-order chi connectivity index (χ0) is 24.3. The van der Waals surface area contributed by atoms with Crippen molar-refractivity contribution in [1.29, 1.82) is 0 Å². The first-order valence-corrected chi connectivity index (χ1v) is 12.7. The van der Waals surface area contributed by atoms with Gasteiger partial charge >= 0.3 is 0 Å². The molecular weight excluding hydrogens is 477 g/mol. The number of amides is 1. The maximum absolute atomic E-state index is 13.6. The highest BCUT2D eigenvalue weighted by molar-refractivity contribution is 7.92. The topological polar surface area (TPSA) is 60.9 Å². The Labute approximate surface area is 204 Å². The molecule has 0 spiro atoms. The van der Waals surface area contributed by atoms with Gasteiger partial charge in [0.2, 0.25) is 5.91 Å². The number of halogens is 2. The fourth-order valence-electron chi connectivity index (χ4n) is 3.96. The Bertz CT molecular complexity index is 1260. The van der Waals surface area contributed by atoms with Gasteiger partial charge in [-0.15, -0.1) is 0 Å². The van der Waals surface area contributed by atoms with Gasteiger partial charge in [0, 0.05) is 36.9 Å². The monoisotopic (exact) mass is 501 g/mol. The molecule has 1 fully saturated rings. The van der Waals surface area contributed by atoms with E-state index >= 15 is 0 Å². The number of anilines is 2. The lowest BCUT2D eigenvalue weighted by molar-refractivity contribution is -0.129. The van der Waals surface area contributed by atoms with E-state index in [2.05, 4.69) is 4.90 Å². The number of rotatable bonds is 6. The van der Waals surface area contributed by atoms with E-state index in [4.69, 9.17) is 11.6 Å². The van der Waals surface area contributed by atoms with Crippen LogP contribution in [0.1, 0.15) is 5.56 Å². The summed E-state index contributed by atoms with van der Waals surface area (Å²) in [4.78, 5) is 17.1. The number of piperazine rings is 1. The Morgan fingerprint density at radius 2 is 1.62 bits per heavy atom. The summed E-state index contributed by atoms with van der Waals surface area (Å²) in [6.45, 7) is 3.45. The first kappa shape index (κ1) is 24.0. The Kier molecular flexibility index (Phi) is 7.09. The molecular formula is C25H25ClFN3O3S. The molecule has 0 aromatic heterocycles. The van der Waals surface area contributed by atoms with E-state index in [1.54, 1.807) is 60.4 Å². The molecule has 178 valence electrons. The third-order valence-corrected chi connectivity index (χ3v) is 7.88. The third kappa shape index (κ3) is 5.18. The summed E-state index contributed by atoms with van der Waals surface area (Å²) >= 11 is 6.18. The second-order valence-corrected chi connectivity index (χ2v) is 10.4. The number of sulfonamides is 1. The van der Waals surface area contributed by atoms with Gasteiger partial charge in [-0.1, -0.05) is 35.9 Å². The van der Waals surface area contributed by atoms with E-state index in [0.717, 1.165) is 9.99 Å². The van der Waals surface area contributed by atoms with Crippen LogP contribution >= 0.6 is 11.6 Å². The summed E-state index contributed by atoms with van der Waals surface area (Å²) < 4.78 is 41.5. The molecule has 34 heavy (non-hydrogen) atoms. The smallest absolute Gasteiger partial charge is 0.264 e. The van der Waals surface area contributed by atoms with Crippen LogP contribution in [0.15, 0.2) is 77.7 Å². The Morgan fingerprint density at radius 1 is 0.971 bits per heavy atom. The van der Waals surface area contributed by atoms with Gasteiger partial charge in [-0.25, -0.2) is 12.8 Å². The molecule has 0 aliphatic carbocycles. The molecule has 1 heterocycles. The lowest BCUT2D eigenvalue weighted by atomic mass is 10.2. The van der Waals surface area contributed by atoms with Gasteiger partial charge in [0.25, 0.3) is 10.0 Å². The van der Waals surface area contributed by atoms with E-state index in [1.807, 2.05) is 0 Å². The highest BCUT2D eigenvalue weighted by Crippen LogP contribution is 2.30. The predicted molar refractivity (Wildman–Crippen MR) is 132 cm³/mol. The minimum absolute atomic E-state index is 0.100. The molecule has 0 unspecified atom stereocenters. The van der Waals surface area contributed by atoms with Crippen molar-refractivity contribution in [2.75, 3.05) is 41.9 Å².